The van der Waals surface area contributed by atoms with Crippen LogP contribution in [-0.2, 0) is 24.0 Å². The van der Waals surface area contributed by atoms with Crippen molar-refractivity contribution in [2.45, 2.75) is 65.1 Å². The fourth-order valence-corrected chi connectivity index (χ4v) is 2.48. The molecule has 0 aliphatic heterocycles. The third-order valence-electron chi connectivity index (χ3n) is 4.05. The number of aliphatic carboxylic acids is 1. The van der Waals surface area contributed by atoms with Crippen LogP contribution in [-0.4, -0.2) is 59.4 Å². The second-order valence-corrected chi connectivity index (χ2v) is 7.65. The molecule has 0 aromatic heterocycles. The summed E-state index contributed by atoms with van der Waals surface area (Å²) in [6.07, 6.45) is 0.190. The molecule has 11 nitrogen and oxygen atoms in total. The molecular formula is C18H33N5O6. The SMILES string of the molecule is CC(C)CC(N)C(=O)NC(CCC(N)=O)C(=O)NCC(=O)NC(C(=O)O)C(C)C. The first-order valence-corrected chi connectivity index (χ1v) is 9.49. The highest BCUT2D eigenvalue weighted by molar-refractivity contribution is 5.92. The summed E-state index contributed by atoms with van der Waals surface area (Å²) in [7, 11) is 0. The second-order valence-electron chi connectivity index (χ2n) is 7.65. The molecule has 0 aliphatic rings. The number of hydrogen-bond donors (Lipinski definition) is 6. The van der Waals surface area contributed by atoms with Crippen LogP contribution < -0.4 is 27.4 Å². The molecule has 0 saturated carbocycles. The Balaban J connectivity index is 4.90. The van der Waals surface area contributed by atoms with Gasteiger partial charge in [0.1, 0.15) is 12.1 Å². The highest BCUT2D eigenvalue weighted by Crippen LogP contribution is 2.05. The van der Waals surface area contributed by atoms with Crippen LogP contribution >= 0.6 is 0 Å². The molecule has 166 valence electrons. The van der Waals surface area contributed by atoms with Crippen LogP contribution in [0.1, 0.15) is 47.0 Å². The Labute approximate surface area is 170 Å². The number of primary amides is 1. The fraction of sp³-hybridized carbons (Fsp3) is 0.722. The highest BCUT2D eigenvalue weighted by Gasteiger charge is 2.26. The number of rotatable bonds is 13. The second kappa shape index (κ2) is 12.7. The smallest absolute Gasteiger partial charge is 0.326 e. The zero-order valence-electron chi connectivity index (χ0n) is 17.4. The van der Waals surface area contributed by atoms with E-state index in [1.54, 1.807) is 13.8 Å². The predicted molar refractivity (Wildman–Crippen MR) is 105 cm³/mol. The summed E-state index contributed by atoms with van der Waals surface area (Å²) >= 11 is 0. The zero-order valence-corrected chi connectivity index (χ0v) is 17.4. The molecule has 8 N–H and O–H groups in total. The van der Waals surface area contributed by atoms with E-state index in [9.17, 15) is 24.0 Å². The zero-order chi connectivity index (χ0) is 22.7. The van der Waals surface area contributed by atoms with Gasteiger partial charge in [-0.05, 0) is 24.7 Å². The molecule has 0 fully saturated rings. The first-order chi connectivity index (χ1) is 13.3. The van der Waals surface area contributed by atoms with Gasteiger partial charge in [0.25, 0.3) is 0 Å². The average Bonchev–Trinajstić information content (AvgIpc) is 2.59. The van der Waals surface area contributed by atoms with Crippen molar-refractivity contribution >= 4 is 29.6 Å². The summed E-state index contributed by atoms with van der Waals surface area (Å²) in [6.45, 7) is 6.56. The van der Waals surface area contributed by atoms with E-state index in [-0.39, 0.29) is 24.7 Å². The minimum atomic E-state index is -1.19. The van der Waals surface area contributed by atoms with Gasteiger partial charge in [0.15, 0.2) is 0 Å². The van der Waals surface area contributed by atoms with Gasteiger partial charge in [0, 0.05) is 6.42 Å². The first-order valence-electron chi connectivity index (χ1n) is 9.49. The lowest BCUT2D eigenvalue weighted by Crippen LogP contribution is -2.54. The van der Waals surface area contributed by atoms with Crippen LogP contribution in [0.5, 0.6) is 0 Å². The van der Waals surface area contributed by atoms with E-state index >= 15 is 0 Å². The van der Waals surface area contributed by atoms with Gasteiger partial charge in [0.05, 0.1) is 12.6 Å². The molecule has 0 aliphatic carbocycles. The summed E-state index contributed by atoms with van der Waals surface area (Å²) in [5, 5.41) is 16.2. The standard InChI is InChI=1S/C18H33N5O6/c1-9(2)7-11(19)16(26)22-12(5-6-13(20)24)17(27)21-8-14(25)23-15(10(3)4)18(28)29/h9-12,15H,5-8,19H2,1-4H3,(H2,20,24)(H,21,27)(H,22,26)(H,23,25)(H,28,29). The van der Waals surface area contributed by atoms with E-state index < -0.39 is 54.3 Å². The monoisotopic (exact) mass is 415 g/mol. The largest absolute Gasteiger partial charge is 0.480 e. The summed E-state index contributed by atoms with van der Waals surface area (Å²) in [6, 6.07) is -3.04. The van der Waals surface area contributed by atoms with E-state index in [0.29, 0.717) is 6.42 Å². The van der Waals surface area contributed by atoms with Crippen molar-refractivity contribution in [3.8, 4) is 0 Å². The molecule has 0 rings (SSSR count). The number of nitrogens with one attached hydrogen (secondary N) is 3. The molecule has 0 aromatic carbocycles. The third-order valence-corrected chi connectivity index (χ3v) is 4.05. The van der Waals surface area contributed by atoms with Gasteiger partial charge in [-0.1, -0.05) is 27.7 Å². The van der Waals surface area contributed by atoms with Crippen LogP contribution in [0.25, 0.3) is 0 Å². The summed E-state index contributed by atoms with van der Waals surface area (Å²) in [5.74, 6) is -3.98. The molecule has 3 unspecified atom stereocenters. The minimum Gasteiger partial charge on any atom is -0.480 e. The van der Waals surface area contributed by atoms with E-state index in [2.05, 4.69) is 16.0 Å². The van der Waals surface area contributed by atoms with Crippen LogP contribution in [0.3, 0.4) is 0 Å². The lowest BCUT2D eigenvalue weighted by Gasteiger charge is -2.22. The Hall–Kier alpha value is -2.69. The van der Waals surface area contributed by atoms with Crippen molar-refractivity contribution in [3.63, 3.8) is 0 Å². The van der Waals surface area contributed by atoms with Crippen molar-refractivity contribution < 1.29 is 29.1 Å². The van der Waals surface area contributed by atoms with E-state index in [0.717, 1.165) is 0 Å². The molecule has 0 saturated heterocycles. The quantitative estimate of drug-likeness (QED) is 0.209. The van der Waals surface area contributed by atoms with Crippen molar-refractivity contribution in [3.05, 3.63) is 0 Å². The van der Waals surface area contributed by atoms with Crippen LogP contribution in [0, 0.1) is 11.8 Å². The van der Waals surface area contributed by atoms with E-state index in [1.807, 2.05) is 13.8 Å². The number of amides is 4. The van der Waals surface area contributed by atoms with Crippen LogP contribution in [0.15, 0.2) is 0 Å². The van der Waals surface area contributed by atoms with Crippen LogP contribution in [0.4, 0.5) is 0 Å². The van der Waals surface area contributed by atoms with Crippen molar-refractivity contribution in [1.29, 1.82) is 0 Å². The maximum atomic E-state index is 12.4. The first kappa shape index (κ1) is 26.3. The van der Waals surface area contributed by atoms with E-state index in [4.69, 9.17) is 16.6 Å². The minimum absolute atomic E-state index is 0.0628. The Bertz CT molecular complexity index is 608. The summed E-state index contributed by atoms with van der Waals surface area (Å²) in [5.41, 5.74) is 10.9. The van der Waals surface area contributed by atoms with Gasteiger partial charge < -0.3 is 32.5 Å². The van der Waals surface area contributed by atoms with Gasteiger partial charge in [-0.3, -0.25) is 19.2 Å². The molecule has 0 spiro atoms. The lowest BCUT2D eigenvalue weighted by molar-refractivity contribution is -0.143. The maximum absolute atomic E-state index is 12.4. The number of carboxylic acid groups (broad SMARTS) is 1. The Kier molecular flexibility index (Phi) is 11.5. The highest BCUT2D eigenvalue weighted by atomic mass is 16.4. The normalized spacial score (nSPS) is 14.0. The fourth-order valence-electron chi connectivity index (χ4n) is 2.48. The summed E-state index contributed by atoms with van der Waals surface area (Å²) < 4.78 is 0. The molecule has 0 heterocycles. The molecule has 0 aromatic rings. The average molecular weight is 415 g/mol. The number of carbonyl (C=O) groups excluding carboxylic acids is 4. The van der Waals surface area contributed by atoms with Gasteiger partial charge in [0.2, 0.25) is 23.6 Å². The molecule has 3 atom stereocenters. The van der Waals surface area contributed by atoms with Crippen molar-refractivity contribution in [2.24, 2.45) is 23.3 Å². The van der Waals surface area contributed by atoms with Gasteiger partial charge in [-0.25, -0.2) is 4.79 Å². The Morgan fingerprint density at radius 3 is 2.00 bits per heavy atom. The maximum Gasteiger partial charge on any atom is 0.326 e. The molecular weight excluding hydrogens is 382 g/mol. The number of nitrogens with two attached hydrogens (primary N) is 2. The predicted octanol–water partition coefficient (Wildman–Crippen LogP) is -1.55. The Morgan fingerprint density at radius 2 is 1.55 bits per heavy atom. The topological polar surface area (TPSA) is 194 Å². The number of carboxylic acids is 1. The lowest BCUT2D eigenvalue weighted by atomic mass is 10.0. The van der Waals surface area contributed by atoms with Gasteiger partial charge in [-0.2, -0.15) is 0 Å². The van der Waals surface area contributed by atoms with Crippen LogP contribution in [0.2, 0.25) is 0 Å². The molecule has 0 bridgehead atoms. The van der Waals surface area contributed by atoms with Gasteiger partial charge in [-0.15, -0.1) is 0 Å². The number of hydrogen-bond acceptors (Lipinski definition) is 6. The third kappa shape index (κ3) is 11.0. The van der Waals surface area contributed by atoms with E-state index in [1.165, 1.54) is 0 Å². The molecule has 0 radical (unpaired) electrons. The van der Waals surface area contributed by atoms with Crippen molar-refractivity contribution in [1.82, 2.24) is 16.0 Å². The molecule has 4 amide bonds. The Morgan fingerprint density at radius 1 is 0.966 bits per heavy atom. The number of carbonyl (C=O) groups is 5. The van der Waals surface area contributed by atoms with Gasteiger partial charge >= 0.3 is 5.97 Å². The van der Waals surface area contributed by atoms with Crippen molar-refractivity contribution in [2.75, 3.05) is 6.54 Å². The molecule has 11 heteroatoms. The molecule has 29 heavy (non-hydrogen) atoms. The summed E-state index contributed by atoms with van der Waals surface area (Å²) in [4.78, 5) is 58.7.